The van der Waals surface area contributed by atoms with Crippen LogP contribution in [0.1, 0.15) is 13.3 Å². The van der Waals surface area contributed by atoms with Crippen molar-refractivity contribution in [1.29, 1.82) is 0 Å². The molecule has 0 aliphatic carbocycles. The molecule has 1 aromatic rings. The molecule has 1 atom stereocenters. The van der Waals surface area contributed by atoms with Gasteiger partial charge in [0.05, 0.1) is 18.3 Å². The SMILES string of the molecule is CCC(CN)C(=O)Nc1nccnn1. The van der Waals surface area contributed by atoms with Gasteiger partial charge in [-0.05, 0) is 6.42 Å². The van der Waals surface area contributed by atoms with Crippen molar-refractivity contribution >= 4 is 11.9 Å². The van der Waals surface area contributed by atoms with Gasteiger partial charge in [0.15, 0.2) is 0 Å². The molecule has 1 aromatic heterocycles. The first-order valence-electron chi connectivity index (χ1n) is 4.42. The largest absolute Gasteiger partial charge is 0.330 e. The Hall–Kier alpha value is -1.56. The Labute approximate surface area is 81.9 Å². The maximum atomic E-state index is 11.5. The van der Waals surface area contributed by atoms with Crippen LogP contribution in [0.4, 0.5) is 5.95 Å². The molecule has 0 aromatic carbocycles. The van der Waals surface area contributed by atoms with E-state index in [0.29, 0.717) is 13.0 Å². The van der Waals surface area contributed by atoms with Gasteiger partial charge in [0.2, 0.25) is 11.9 Å². The normalized spacial score (nSPS) is 12.1. The Balaban J connectivity index is 2.57. The third-order valence-electron chi connectivity index (χ3n) is 1.87. The highest BCUT2D eigenvalue weighted by Gasteiger charge is 2.15. The Morgan fingerprint density at radius 3 is 2.93 bits per heavy atom. The Kier molecular flexibility index (Phi) is 3.93. The van der Waals surface area contributed by atoms with Crippen molar-refractivity contribution in [3.05, 3.63) is 12.4 Å². The first-order chi connectivity index (χ1) is 6.77. The lowest BCUT2D eigenvalue weighted by Gasteiger charge is -2.10. The van der Waals surface area contributed by atoms with Crippen LogP contribution in [0.3, 0.4) is 0 Å². The molecule has 0 radical (unpaired) electrons. The van der Waals surface area contributed by atoms with Gasteiger partial charge < -0.3 is 5.73 Å². The fourth-order valence-corrected chi connectivity index (χ4v) is 0.976. The minimum atomic E-state index is -0.196. The summed E-state index contributed by atoms with van der Waals surface area (Å²) in [6.45, 7) is 2.23. The van der Waals surface area contributed by atoms with Crippen LogP contribution < -0.4 is 11.1 Å². The van der Waals surface area contributed by atoms with E-state index in [4.69, 9.17) is 5.73 Å². The molecule has 14 heavy (non-hydrogen) atoms. The minimum absolute atomic E-state index is 0.164. The van der Waals surface area contributed by atoms with Gasteiger partial charge in [-0.2, -0.15) is 5.10 Å². The molecule has 1 unspecified atom stereocenters. The van der Waals surface area contributed by atoms with Gasteiger partial charge in [0, 0.05) is 6.54 Å². The zero-order valence-electron chi connectivity index (χ0n) is 7.97. The van der Waals surface area contributed by atoms with Crippen molar-refractivity contribution in [2.24, 2.45) is 11.7 Å². The molecular formula is C8H13N5O. The van der Waals surface area contributed by atoms with Crippen LogP contribution in [-0.2, 0) is 4.79 Å². The Bertz CT molecular complexity index is 285. The summed E-state index contributed by atoms with van der Waals surface area (Å²) in [7, 11) is 0. The number of hydrogen-bond acceptors (Lipinski definition) is 5. The van der Waals surface area contributed by atoms with Gasteiger partial charge in [-0.3, -0.25) is 10.1 Å². The first kappa shape index (κ1) is 10.5. The first-order valence-corrected chi connectivity index (χ1v) is 4.42. The van der Waals surface area contributed by atoms with Crippen molar-refractivity contribution in [2.75, 3.05) is 11.9 Å². The van der Waals surface area contributed by atoms with Crippen molar-refractivity contribution in [1.82, 2.24) is 15.2 Å². The predicted molar refractivity (Wildman–Crippen MR) is 51.3 cm³/mol. The molecule has 76 valence electrons. The average molecular weight is 195 g/mol. The summed E-state index contributed by atoms with van der Waals surface area (Å²) in [5.74, 6) is -0.147. The van der Waals surface area contributed by atoms with E-state index in [9.17, 15) is 4.79 Å². The maximum absolute atomic E-state index is 11.5. The van der Waals surface area contributed by atoms with Crippen molar-refractivity contribution < 1.29 is 4.79 Å². The summed E-state index contributed by atoms with van der Waals surface area (Å²) < 4.78 is 0. The molecule has 0 saturated heterocycles. The number of nitrogens with zero attached hydrogens (tertiary/aromatic N) is 3. The average Bonchev–Trinajstić information content (AvgIpc) is 2.21. The number of rotatable bonds is 4. The third-order valence-corrected chi connectivity index (χ3v) is 1.87. The van der Waals surface area contributed by atoms with Gasteiger partial charge in [-0.25, -0.2) is 4.98 Å². The number of carbonyl (C=O) groups is 1. The molecule has 1 rings (SSSR count). The van der Waals surface area contributed by atoms with E-state index in [1.165, 1.54) is 12.4 Å². The molecular weight excluding hydrogens is 182 g/mol. The van der Waals surface area contributed by atoms with Gasteiger partial charge in [0.25, 0.3) is 0 Å². The zero-order valence-corrected chi connectivity index (χ0v) is 7.97. The molecule has 3 N–H and O–H groups in total. The summed E-state index contributed by atoms with van der Waals surface area (Å²) in [6, 6.07) is 0. The Morgan fingerprint density at radius 1 is 1.64 bits per heavy atom. The molecule has 0 aliphatic heterocycles. The molecule has 0 aliphatic rings. The second kappa shape index (κ2) is 5.23. The standard InChI is InChI=1S/C8H13N5O/c1-2-6(5-9)7(14)12-8-10-3-4-11-13-8/h3-4,6H,2,5,9H2,1H3,(H,10,12,13,14). The smallest absolute Gasteiger partial charge is 0.249 e. The molecule has 6 heteroatoms. The van der Waals surface area contributed by atoms with Crippen LogP contribution in [0.15, 0.2) is 12.4 Å². The minimum Gasteiger partial charge on any atom is -0.330 e. The number of nitrogens with two attached hydrogens (primary N) is 1. The van der Waals surface area contributed by atoms with Crippen LogP contribution in [-0.4, -0.2) is 27.6 Å². The lowest BCUT2D eigenvalue weighted by atomic mass is 10.1. The van der Waals surface area contributed by atoms with Crippen LogP contribution >= 0.6 is 0 Å². The number of aromatic nitrogens is 3. The van der Waals surface area contributed by atoms with Crippen LogP contribution in [0.25, 0.3) is 0 Å². The second-order valence-corrected chi connectivity index (χ2v) is 2.80. The van der Waals surface area contributed by atoms with Crippen molar-refractivity contribution in [3.63, 3.8) is 0 Å². The van der Waals surface area contributed by atoms with E-state index in [2.05, 4.69) is 20.5 Å². The van der Waals surface area contributed by atoms with Crippen LogP contribution in [0.5, 0.6) is 0 Å². The van der Waals surface area contributed by atoms with Gasteiger partial charge in [-0.1, -0.05) is 6.92 Å². The third kappa shape index (κ3) is 2.74. The second-order valence-electron chi connectivity index (χ2n) is 2.80. The number of anilines is 1. The summed E-state index contributed by atoms with van der Waals surface area (Å²) in [6.07, 6.45) is 3.60. The molecule has 0 spiro atoms. The lowest BCUT2D eigenvalue weighted by molar-refractivity contribution is -0.119. The van der Waals surface area contributed by atoms with Crippen molar-refractivity contribution in [2.45, 2.75) is 13.3 Å². The summed E-state index contributed by atoms with van der Waals surface area (Å²) in [5, 5.41) is 9.77. The number of nitrogens with one attached hydrogen (secondary N) is 1. The topological polar surface area (TPSA) is 93.8 Å². The molecule has 0 fully saturated rings. The highest BCUT2D eigenvalue weighted by Crippen LogP contribution is 2.03. The molecule has 6 nitrogen and oxygen atoms in total. The highest BCUT2D eigenvalue weighted by atomic mass is 16.2. The van der Waals surface area contributed by atoms with Gasteiger partial charge in [0.1, 0.15) is 0 Å². The fraction of sp³-hybridized carbons (Fsp3) is 0.500. The fourth-order valence-electron chi connectivity index (χ4n) is 0.976. The van der Waals surface area contributed by atoms with Crippen molar-refractivity contribution in [3.8, 4) is 0 Å². The Morgan fingerprint density at radius 2 is 2.43 bits per heavy atom. The monoisotopic (exact) mass is 195 g/mol. The maximum Gasteiger partial charge on any atom is 0.249 e. The van der Waals surface area contributed by atoms with E-state index in [0.717, 1.165) is 0 Å². The molecule has 1 heterocycles. The summed E-state index contributed by atoms with van der Waals surface area (Å²) in [5.41, 5.74) is 5.42. The summed E-state index contributed by atoms with van der Waals surface area (Å²) >= 11 is 0. The lowest BCUT2D eigenvalue weighted by Crippen LogP contribution is -2.29. The van der Waals surface area contributed by atoms with E-state index in [-0.39, 0.29) is 17.8 Å². The predicted octanol–water partition coefficient (Wildman–Crippen LogP) is -0.205. The zero-order chi connectivity index (χ0) is 10.4. The summed E-state index contributed by atoms with van der Waals surface area (Å²) in [4.78, 5) is 15.3. The van der Waals surface area contributed by atoms with Gasteiger partial charge in [-0.15, -0.1) is 5.10 Å². The number of hydrogen-bond donors (Lipinski definition) is 2. The van der Waals surface area contributed by atoms with E-state index in [1.54, 1.807) is 0 Å². The number of carbonyl (C=O) groups excluding carboxylic acids is 1. The molecule has 0 bridgehead atoms. The highest BCUT2D eigenvalue weighted by molar-refractivity contribution is 5.90. The van der Waals surface area contributed by atoms with Crippen LogP contribution in [0.2, 0.25) is 0 Å². The van der Waals surface area contributed by atoms with Gasteiger partial charge >= 0.3 is 0 Å². The van der Waals surface area contributed by atoms with E-state index in [1.807, 2.05) is 6.92 Å². The molecule has 0 saturated carbocycles. The van der Waals surface area contributed by atoms with E-state index >= 15 is 0 Å². The quantitative estimate of drug-likeness (QED) is 0.693. The molecule has 1 amide bonds. The van der Waals surface area contributed by atoms with Crippen LogP contribution in [0, 0.1) is 5.92 Å². The van der Waals surface area contributed by atoms with E-state index < -0.39 is 0 Å². The number of amides is 1.